The van der Waals surface area contributed by atoms with Crippen LogP contribution < -0.4 is 5.32 Å². The number of nitrogens with one attached hydrogen (secondary N) is 1. The van der Waals surface area contributed by atoms with Gasteiger partial charge in [-0.25, -0.2) is 0 Å². The summed E-state index contributed by atoms with van der Waals surface area (Å²) in [7, 11) is 0. The molecule has 0 aliphatic carbocycles. The molecule has 2 rings (SSSR count). The number of thiophene rings is 1. The first-order chi connectivity index (χ1) is 7.36. The quantitative estimate of drug-likeness (QED) is 0.851. The van der Waals surface area contributed by atoms with E-state index >= 15 is 0 Å². The smallest absolute Gasteiger partial charge is 0.252 e. The molecular formula is C11H15NO2S. The monoisotopic (exact) mass is 225 g/mol. The molecule has 82 valence electrons. The molecule has 1 aliphatic heterocycles. The summed E-state index contributed by atoms with van der Waals surface area (Å²) in [5.41, 5.74) is 0.757. The van der Waals surface area contributed by atoms with Crippen molar-refractivity contribution in [3.8, 4) is 0 Å². The lowest BCUT2D eigenvalue weighted by atomic mass is 10.2. The minimum Gasteiger partial charge on any atom is -0.378 e. The van der Waals surface area contributed by atoms with Gasteiger partial charge < -0.3 is 10.1 Å². The standard InChI is InChI=1S/C11H15NO2S/c13-11(9-4-7-15-8-9)12-5-3-10-2-1-6-14-10/h4,7-8,10H,1-3,5-6H2,(H,12,13). The predicted molar refractivity (Wildman–Crippen MR) is 60.2 cm³/mol. The van der Waals surface area contributed by atoms with Gasteiger partial charge in [-0.3, -0.25) is 4.79 Å². The highest BCUT2D eigenvalue weighted by Gasteiger charge is 2.15. The molecule has 1 aliphatic rings. The Bertz CT molecular complexity index is 304. The summed E-state index contributed by atoms with van der Waals surface area (Å²) < 4.78 is 5.48. The fourth-order valence-corrected chi connectivity index (χ4v) is 2.35. The van der Waals surface area contributed by atoms with Crippen molar-refractivity contribution in [3.05, 3.63) is 22.4 Å². The van der Waals surface area contributed by atoms with E-state index in [0.29, 0.717) is 12.6 Å². The molecule has 1 amide bonds. The molecule has 1 fully saturated rings. The first-order valence-corrected chi connectivity index (χ1v) is 6.22. The van der Waals surface area contributed by atoms with E-state index in [-0.39, 0.29) is 5.91 Å². The van der Waals surface area contributed by atoms with Crippen molar-refractivity contribution < 1.29 is 9.53 Å². The number of carbonyl (C=O) groups excluding carboxylic acids is 1. The molecule has 1 aromatic rings. The second-order valence-corrected chi connectivity index (χ2v) is 4.47. The van der Waals surface area contributed by atoms with Crippen molar-refractivity contribution in [2.24, 2.45) is 0 Å². The van der Waals surface area contributed by atoms with Gasteiger partial charge in [0.25, 0.3) is 5.91 Å². The summed E-state index contributed by atoms with van der Waals surface area (Å²) in [6.45, 7) is 1.59. The summed E-state index contributed by atoms with van der Waals surface area (Å²) >= 11 is 1.54. The summed E-state index contributed by atoms with van der Waals surface area (Å²) in [5, 5.41) is 6.67. The van der Waals surface area contributed by atoms with Gasteiger partial charge in [-0.15, -0.1) is 0 Å². The average molecular weight is 225 g/mol. The molecule has 0 saturated carbocycles. The molecule has 1 unspecified atom stereocenters. The van der Waals surface area contributed by atoms with Crippen LogP contribution in [0.1, 0.15) is 29.6 Å². The minimum absolute atomic E-state index is 0.0225. The van der Waals surface area contributed by atoms with E-state index in [9.17, 15) is 4.79 Å². The number of hydrogen-bond acceptors (Lipinski definition) is 3. The van der Waals surface area contributed by atoms with Gasteiger partial charge in [0.15, 0.2) is 0 Å². The average Bonchev–Trinajstić information content (AvgIpc) is 2.90. The molecule has 1 aromatic heterocycles. The SMILES string of the molecule is O=C(NCCC1CCCO1)c1ccsc1. The molecule has 1 atom stereocenters. The van der Waals surface area contributed by atoms with Crippen molar-refractivity contribution >= 4 is 17.2 Å². The molecular weight excluding hydrogens is 210 g/mol. The Labute approximate surface area is 93.4 Å². The third kappa shape index (κ3) is 3.04. The Morgan fingerprint density at radius 1 is 1.67 bits per heavy atom. The van der Waals surface area contributed by atoms with Crippen LogP contribution >= 0.6 is 11.3 Å². The van der Waals surface area contributed by atoms with Gasteiger partial charge in [0.2, 0.25) is 0 Å². The van der Waals surface area contributed by atoms with Crippen LogP contribution in [0, 0.1) is 0 Å². The molecule has 4 heteroatoms. The highest BCUT2D eigenvalue weighted by Crippen LogP contribution is 2.14. The molecule has 1 N–H and O–H groups in total. The zero-order valence-electron chi connectivity index (χ0n) is 8.57. The fraction of sp³-hybridized carbons (Fsp3) is 0.545. The summed E-state index contributed by atoms with van der Waals surface area (Å²) in [5.74, 6) is 0.0225. The number of ether oxygens (including phenoxy) is 1. The van der Waals surface area contributed by atoms with Crippen LogP contribution in [-0.4, -0.2) is 25.2 Å². The Kier molecular flexibility index (Phi) is 3.75. The second-order valence-electron chi connectivity index (χ2n) is 3.69. The van der Waals surface area contributed by atoms with Crippen LogP contribution in [0.5, 0.6) is 0 Å². The maximum Gasteiger partial charge on any atom is 0.252 e. The van der Waals surface area contributed by atoms with E-state index in [1.165, 1.54) is 0 Å². The van der Waals surface area contributed by atoms with Crippen molar-refractivity contribution in [1.82, 2.24) is 5.32 Å². The van der Waals surface area contributed by atoms with Gasteiger partial charge in [0, 0.05) is 24.1 Å². The summed E-state index contributed by atoms with van der Waals surface area (Å²) in [6.07, 6.45) is 3.57. The van der Waals surface area contributed by atoms with Gasteiger partial charge in [-0.1, -0.05) is 0 Å². The van der Waals surface area contributed by atoms with Gasteiger partial charge in [0.1, 0.15) is 0 Å². The normalized spacial score (nSPS) is 20.4. The lowest BCUT2D eigenvalue weighted by molar-refractivity contribution is 0.0907. The third-order valence-electron chi connectivity index (χ3n) is 2.56. The van der Waals surface area contributed by atoms with Crippen LogP contribution in [0.15, 0.2) is 16.8 Å². The van der Waals surface area contributed by atoms with E-state index < -0.39 is 0 Å². The number of amides is 1. The number of hydrogen-bond donors (Lipinski definition) is 1. The molecule has 1 saturated heterocycles. The molecule has 0 bridgehead atoms. The van der Waals surface area contributed by atoms with E-state index in [0.717, 1.165) is 31.4 Å². The fourth-order valence-electron chi connectivity index (χ4n) is 1.71. The van der Waals surface area contributed by atoms with E-state index in [1.54, 1.807) is 11.3 Å². The number of carbonyl (C=O) groups is 1. The van der Waals surface area contributed by atoms with Gasteiger partial charge in [-0.05, 0) is 30.7 Å². The van der Waals surface area contributed by atoms with Crippen molar-refractivity contribution in [2.75, 3.05) is 13.2 Å². The van der Waals surface area contributed by atoms with Gasteiger partial charge in [-0.2, -0.15) is 11.3 Å². The minimum atomic E-state index is 0.0225. The van der Waals surface area contributed by atoms with Crippen molar-refractivity contribution in [2.45, 2.75) is 25.4 Å². The topological polar surface area (TPSA) is 38.3 Å². The zero-order chi connectivity index (χ0) is 10.5. The molecule has 0 radical (unpaired) electrons. The van der Waals surface area contributed by atoms with Crippen molar-refractivity contribution in [1.29, 1.82) is 0 Å². The Morgan fingerprint density at radius 3 is 3.27 bits per heavy atom. The van der Waals surface area contributed by atoms with E-state index in [2.05, 4.69) is 5.32 Å². The Morgan fingerprint density at radius 2 is 2.60 bits per heavy atom. The Balaban J connectivity index is 1.67. The highest BCUT2D eigenvalue weighted by atomic mass is 32.1. The molecule has 0 spiro atoms. The maximum absolute atomic E-state index is 11.5. The van der Waals surface area contributed by atoms with E-state index in [4.69, 9.17) is 4.74 Å². The van der Waals surface area contributed by atoms with E-state index in [1.807, 2.05) is 16.8 Å². The van der Waals surface area contributed by atoms with Crippen LogP contribution in [0.25, 0.3) is 0 Å². The molecule has 3 nitrogen and oxygen atoms in total. The first kappa shape index (κ1) is 10.6. The second kappa shape index (κ2) is 5.28. The predicted octanol–water partition coefficient (Wildman–Crippen LogP) is 2.05. The summed E-state index contributed by atoms with van der Waals surface area (Å²) in [4.78, 5) is 11.5. The molecule has 15 heavy (non-hydrogen) atoms. The van der Waals surface area contributed by atoms with Gasteiger partial charge >= 0.3 is 0 Å². The van der Waals surface area contributed by atoms with Crippen LogP contribution in [-0.2, 0) is 4.74 Å². The lowest BCUT2D eigenvalue weighted by Gasteiger charge is -2.09. The Hall–Kier alpha value is -0.870. The first-order valence-electron chi connectivity index (χ1n) is 5.28. The van der Waals surface area contributed by atoms with Crippen molar-refractivity contribution in [3.63, 3.8) is 0 Å². The van der Waals surface area contributed by atoms with Crippen LogP contribution in [0.4, 0.5) is 0 Å². The molecule has 0 aromatic carbocycles. The highest BCUT2D eigenvalue weighted by molar-refractivity contribution is 7.08. The maximum atomic E-state index is 11.5. The van der Waals surface area contributed by atoms with Crippen LogP contribution in [0.2, 0.25) is 0 Å². The lowest BCUT2D eigenvalue weighted by Crippen LogP contribution is -2.26. The zero-order valence-corrected chi connectivity index (χ0v) is 9.39. The molecule has 2 heterocycles. The third-order valence-corrected chi connectivity index (χ3v) is 3.24. The largest absolute Gasteiger partial charge is 0.378 e. The van der Waals surface area contributed by atoms with Gasteiger partial charge in [0.05, 0.1) is 6.10 Å². The van der Waals surface area contributed by atoms with Crippen LogP contribution in [0.3, 0.4) is 0 Å². The number of rotatable bonds is 4. The summed E-state index contributed by atoms with van der Waals surface area (Å²) in [6, 6.07) is 1.84.